The van der Waals surface area contributed by atoms with Crippen LogP contribution >= 0.6 is 0 Å². The molecule has 0 aliphatic carbocycles. The number of benzene rings is 1. The van der Waals surface area contributed by atoms with Crippen LogP contribution in [-0.4, -0.2) is 63.9 Å². The number of carbonyl (C=O) groups is 2. The normalized spacial score (nSPS) is 14.5. The Morgan fingerprint density at radius 2 is 2.00 bits per heavy atom. The van der Waals surface area contributed by atoms with Gasteiger partial charge in [-0.05, 0) is 30.3 Å². The number of rotatable bonds is 5. The highest BCUT2D eigenvalue weighted by molar-refractivity contribution is 5.94. The number of nitrogens with zero attached hydrogens (tertiary/aromatic N) is 4. The van der Waals surface area contributed by atoms with E-state index in [0.29, 0.717) is 12.2 Å². The Hall–Kier alpha value is -3.96. The van der Waals surface area contributed by atoms with E-state index in [1.165, 1.54) is 34.1 Å². The average Bonchev–Trinajstić information content (AvgIpc) is 3.13. The maximum atomic E-state index is 14.3. The van der Waals surface area contributed by atoms with Gasteiger partial charge in [-0.1, -0.05) is 0 Å². The first-order chi connectivity index (χ1) is 16.2. The summed E-state index contributed by atoms with van der Waals surface area (Å²) >= 11 is 0. The van der Waals surface area contributed by atoms with Gasteiger partial charge >= 0.3 is 6.18 Å². The molecule has 12 heteroatoms. The highest BCUT2D eigenvalue weighted by atomic mass is 19.4. The van der Waals surface area contributed by atoms with Crippen molar-refractivity contribution < 1.29 is 31.9 Å². The van der Waals surface area contributed by atoms with Gasteiger partial charge in [-0.15, -0.1) is 0 Å². The molecule has 1 N–H and O–H groups in total. The van der Waals surface area contributed by atoms with Crippen LogP contribution in [0.4, 0.5) is 17.6 Å². The molecule has 1 fully saturated rings. The van der Waals surface area contributed by atoms with Crippen LogP contribution in [0.2, 0.25) is 0 Å². The van der Waals surface area contributed by atoms with Crippen molar-refractivity contribution in [2.75, 3.05) is 26.2 Å². The van der Waals surface area contributed by atoms with Crippen LogP contribution in [0.5, 0.6) is 5.75 Å². The summed E-state index contributed by atoms with van der Waals surface area (Å²) in [6, 6.07) is 7.89. The topological polar surface area (TPSA) is 89.4 Å². The van der Waals surface area contributed by atoms with Gasteiger partial charge in [0.15, 0.2) is 12.3 Å². The predicted octanol–water partition coefficient (Wildman–Crippen LogP) is 2.98. The molecule has 0 saturated carbocycles. The summed E-state index contributed by atoms with van der Waals surface area (Å²) in [4.78, 5) is 30.2. The molecule has 1 saturated heterocycles. The van der Waals surface area contributed by atoms with Gasteiger partial charge < -0.3 is 15.0 Å². The summed E-state index contributed by atoms with van der Waals surface area (Å²) in [5, 5.41) is 7.04. The van der Waals surface area contributed by atoms with Gasteiger partial charge in [0.1, 0.15) is 11.6 Å². The van der Waals surface area contributed by atoms with Crippen LogP contribution in [0.1, 0.15) is 16.9 Å². The average molecular weight is 477 g/mol. The van der Waals surface area contributed by atoms with Crippen molar-refractivity contribution in [3.63, 3.8) is 0 Å². The number of alkyl halides is 3. The van der Waals surface area contributed by atoms with E-state index in [-0.39, 0.29) is 48.1 Å². The number of amides is 2. The fourth-order valence-corrected chi connectivity index (χ4v) is 3.46. The van der Waals surface area contributed by atoms with Crippen molar-refractivity contribution in [2.45, 2.75) is 12.6 Å². The molecule has 0 radical (unpaired) electrons. The number of halogens is 4. The van der Waals surface area contributed by atoms with Crippen molar-refractivity contribution in [3.05, 3.63) is 60.3 Å². The molecule has 1 aromatic carbocycles. The number of nitrogens with one attached hydrogen (secondary N) is 1. The van der Waals surface area contributed by atoms with E-state index in [4.69, 9.17) is 4.74 Å². The second-order valence-corrected chi connectivity index (χ2v) is 7.51. The summed E-state index contributed by atoms with van der Waals surface area (Å²) in [6.07, 6.45) is -1.44. The molecule has 8 nitrogen and oxygen atoms in total. The third kappa shape index (κ3) is 5.50. The molecule has 2 amide bonds. The van der Waals surface area contributed by atoms with E-state index >= 15 is 0 Å². The summed E-state index contributed by atoms with van der Waals surface area (Å²) in [7, 11) is 0. The summed E-state index contributed by atoms with van der Waals surface area (Å²) < 4.78 is 58.0. The van der Waals surface area contributed by atoms with E-state index in [0.717, 1.165) is 12.1 Å². The molecular formula is C22H19F4N5O3. The van der Waals surface area contributed by atoms with Gasteiger partial charge in [0.25, 0.3) is 5.91 Å². The SMILES string of the molecule is O=C1CCN(C(=O)c2cc(-c3cc(F)cc(OCC(F)(F)F)c3)n(-c3cccnc3)n2)CCN1. The van der Waals surface area contributed by atoms with Crippen LogP contribution in [0.25, 0.3) is 16.9 Å². The van der Waals surface area contributed by atoms with Gasteiger partial charge in [0.05, 0.1) is 17.6 Å². The molecule has 4 rings (SSSR count). The Balaban J connectivity index is 1.73. The Kier molecular flexibility index (Phi) is 6.48. The van der Waals surface area contributed by atoms with Gasteiger partial charge in [0, 0.05) is 43.9 Å². The Labute approximate surface area is 191 Å². The Morgan fingerprint density at radius 1 is 1.18 bits per heavy atom. The molecule has 178 valence electrons. The standard InChI is InChI=1S/C22H19F4N5O3/c23-15-8-14(9-17(10-15)34-13-22(24,25)26)19-11-18(29-31(19)16-2-1-4-27-12-16)21(33)30-6-3-20(32)28-5-7-30/h1-2,4,8-12H,3,5-7,13H2,(H,28,32). The molecule has 1 aliphatic rings. The van der Waals surface area contributed by atoms with Gasteiger partial charge in [-0.25, -0.2) is 9.07 Å². The largest absolute Gasteiger partial charge is 0.484 e. The molecular weight excluding hydrogens is 458 g/mol. The summed E-state index contributed by atoms with van der Waals surface area (Å²) in [6.45, 7) is -0.794. The molecule has 3 heterocycles. The smallest absolute Gasteiger partial charge is 0.422 e. The zero-order valence-corrected chi connectivity index (χ0v) is 17.7. The first-order valence-electron chi connectivity index (χ1n) is 10.3. The van der Waals surface area contributed by atoms with Crippen LogP contribution in [0, 0.1) is 5.82 Å². The molecule has 1 aliphatic heterocycles. The first kappa shape index (κ1) is 23.2. The number of hydrogen-bond donors (Lipinski definition) is 1. The zero-order chi connectivity index (χ0) is 24.3. The van der Waals surface area contributed by atoms with Crippen LogP contribution in [0.3, 0.4) is 0 Å². The molecule has 3 aromatic rings. The quantitative estimate of drug-likeness (QED) is 0.571. The van der Waals surface area contributed by atoms with E-state index in [2.05, 4.69) is 15.4 Å². The van der Waals surface area contributed by atoms with Crippen molar-refractivity contribution >= 4 is 11.8 Å². The second-order valence-electron chi connectivity index (χ2n) is 7.51. The third-order valence-electron chi connectivity index (χ3n) is 4.99. The van der Waals surface area contributed by atoms with Crippen LogP contribution in [0.15, 0.2) is 48.8 Å². The molecule has 0 bridgehead atoms. The number of carbonyl (C=O) groups excluding carboxylic acids is 2. The van der Waals surface area contributed by atoms with E-state index in [9.17, 15) is 27.2 Å². The predicted molar refractivity (Wildman–Crippen MR) is 112 cm³/mol. The number of ether oxygens (including phenoxy) is 1. The van der Waals surface area contributed by atoms with Gasteiger partial charge in [-0.2, -0.15) is 18.3 Å². The molecule has 2 aromatic heterocycles. The maximum absolute atomic E-state index is 14.3. The second kappa shape index (κ2) is 9.49. The Morgan fingerprint density at radius 3 is 2.74 bits per heavy atom. The minimum atomic E-state index is -4.59. The fourth-order valence-electron chi connectivity index (χ4n) is 3.46. The van der Waals surface area contributed by atoms with Crippen molar-refractivity contribution in [1.82, 2.24) is 25.0 Å². The van der Waals surface area contributed by atoms with Crippen molar-refractivity contribution in [3.8, 4) is 22.7 Å². The molecule has 0 atom stereocenters. The van der Waals surface area contributed by atoms with Crippen molar-refractivity contribution in [2.24, 2.45) is 0 Å². The van der Waals surface area contributed by atoms with Gasteiger partial charge in [0.2, 0.25) is 5.91 Å². The first-order valence-corrected chi connectivity index (χ1v) is 10.3. The minimum absolute atomic E-state index is 0.0234. The van der Waals surface area contributed by atoms with Crippen LogP contribution < -0.4 is 10.1 Å². The highest BCUT2D eigenvalue weighted by Crippen LogP contribution is 2.30. The number of hydrogen-bond acceptors (Lipinski definition) is 5. The van der Waals surface area contributed by atoms with E-state index in [1.807, 2.05) is 0 Å². The Bertz CT molecular complexity index is 1200. The van der Waals surface area contributed by atoms with Crippen LogP contribution in [-0.2, 0) is 4.79 Å². The lowest BCUT2D eigenvalue weighted by atomic mass is 10.1. The number of pyridine rings is 1. The molecule has 0 unspecified atom stereocenters. The monoisotopic (exact) mass is 477 g/mol. The lowest BCUT2D eigenvalue weighted by molar-refractivity contribution is -0.153. The van der Waals surface area contributed by atoms with Gasteiger partial charge in [-0.3, -0.25) is 14.6 Å². The zero-order valence-electron chi connectivity index (χ0n) is 17.7. The number of aromatic nitrogens is 3. The van der Waals surface area contributed by atoms with E-state index < -0.39 is 24.5 Å². The third-order valence-corrected chi connectivity index (χ3v) is 4.99. The lowest BCUT2D eigenvalue weighted by Gasteiger charge is -2.17. The van der Waals surface area contributed by atoms with E-state index in [1.54, 1.807) is 12.1 Å². The summed E-state index contributed by atoms with van der Waals surface area (Å²) in [5.74, 6) is -1.75. The lowest BCUT2D eigenvalue weighted by Crippen LogP contribution is -2.34. The molecule has 0 spiro atoms. The minimum Gasteiger partial charge on any atom is -0.484 e. The maximum Gasteiger partial charge on any atom is 0.422 e. The fraction of sp³-hybridized carbons (Fsp3) is 0.273. The summed E-state index contributed by atoms with van der Waals surface area (Å²) in [5.41, 5.74) is 0.874. The molecule has 34 heavy (non-hydrogen) atoms. The van der Waals surface area contributed by atoms with Crippen molar-refractivity contribution in [1.29, 1.82) is 0 Å². The highest BCUT2D eigenvalue weighted by Gasteiger charge is 2.29.